The summed E-state index contributed by atoms with van der Waals surface area (Å²) in [5.74, 6) is 0.390. The van der Waals surface area contributed by atoms with E-state index in [0.29, 0.717) is 6.61 Å². The largest absolute Gasteiger partial charge is 0.508 e. The van der Waals surface area contributed by atoms with Gasteiger partial charge in [-0.05, 0) is 72.6 Å². The Bertz CT molecular complexity index is 1060. The number of aromatic hydroxyl groups is 1. The van der Waals surface area contributed by atoms with Gasteiger partial charge in [-0.2, -0.15) is 0 Å². The molecule has 0 bridgehead atoms. The molecule has 0 fully saturated rings. The van der Waals surface area contributed by atoms with Crippen LogP contribution in [-0.4, -0.2) is 48.3 Å². The quantitative estimate of drug-likeness (QED) is 0.372. The number of rotatable bonds is 9. The number of phenolic OH excluding ortho intramolecular Hbond substituents is 1. The molecule has 34 heavy (non-hydrogen) atoms. The van der Waals surface area contributed by atoms with Crippen LogP contribution in [0.25, 0.3) is 11.1 Å². The van der Waals surface area contributed by atoms with Crippen molar-refractivity contribution in [1.29, 1.82) is 0 Å². The summed E-state index contributed by atoms with van der Waals surface area (Å²) in [6.07, 6.45) is 1.11. The molecule has 0 saturated heterocycles. The van der Waals surface area contributed by atoms with Crippen molar-refractivity contribution in [2.75, 3.05) is 27.2 Å². The maximum absolute atomic E-state index is 10.1. The molecule has 0 radical (unpaired) electrons. The van der Waals surface area contributed by atoms with Crippen LogP contribution in [0.15, 0.2) is 78.9 Å². The number of carboxylic acid groups (broad SMARTS) is 1. The van der Waals surface area contributed by atoms with Gasteiger partial charge in [0.25, 0.3) is 0 Å². The van der Waals surface area contributed by atoms with E-state index in [1.807, 2.05) is 44.4 Å². The molecular formula is C29H35NO4. The number of allylic oxidation sites excluding steroid dienone is 1. The predicted octanol–water partition coefficient (Wildman–Crippen LogP) is 6.18. The first-order chi connectivity index (χ1) is 16.3. The van der Waals surface area contributed by atoms with E-state index in [2.05, 4.69) is 54.3 Å². The van der Waals surface area contributed by atoms with Crippen molar-refractivity contribution in [3.05, 3.63) is 95.6 Å². The molecule has 2 N–H and O–H groups in total. The summed E-state index contributed by atoms with van der Waals surface area (Å²) in [5.41, 5.74) is 5.69. The van der Waals surface area contributed by atoms with Gasteiger partial charge < -0.3 is 19.8 Å². The lowest BCUT2D eigenvalue weighted by molar-refractivity contribution is -0.136. The van der Waals surface area contributed by atoms with E-state index in [1.165, 1.54) is 11.1 Å². The van der Waals surface area contributed by atoms with Gasteiger partial charge in [-0.25, -0.2) is 0 Å². The number of carboxylic acids is 1. The number of nitrogens with zero attached hydrogens (tertiary/aromatic N) is 1. The molecule has 180 valence electrons. The first-order valence-electron chi connectivity index (χ1n) is 11.5. The van der Waals surface area contributed by atoms with Crippen molar-refractivity contribution in [2.24, 2.45) is 0 Å². The smallest absolute Gasteiger partial charge is 0.303 e. The maximum Gasteiger partial charge on any atom is 0.303 e. The highest BCUT2D eigenvalue weighted by atomic mass is 16.5. The Kier molecular flexibility index (Phi) is 10.9. The molecule has 3 aromatic rings. The summed E-state index contributed by atoms with van der Waals surface area (Å²) < 4.78 is 5.85. The molecular weight excluding hydrogens is 426 g/mol. The third-order valence-electron chi connectivity index (χ3n) is 5.17. The zero-order valence-corrected chi connectivity index (χ0v) is 20.5. The Balaban J connectivity index is 0.000000739. The van der Waals surface area contributed by atoms with Crippen molar-refractivity contribution in [1.82, 2.24) is 4.90 Å². The molecule has 0 unspecified atom stereocenters. The second-order valence-corrected chi connectivity index (χ2v) is 8.05. The molecule has 0 aromatic heterocycles. The Morgan fingerprint density at radius 3 is 1.97 bits per heavy atom. The Labute approximate surface area is 202 Å². The van der Waals surface area contributed by atoms with Gasteiger partial charge >= 0.3 is 5.97 Å². The molecule has 0 amide bonds. The van der Waals surface area contributed by atoms with Crippen LogP contribution in [0.5, 0.6) is 11.5 Å². The number of phenols is 1. The third kappa shape index (κ3) is 8.41. The monoisotopic (exact) mass is 461 g/mol. The van der Waals surface area contributed by atoms with Gasteiger partial charge in [-0.15, -0.1) is 0 Å². The maximum atomic E-state index is 10.1. The van der Waals surface area contributed by atoms with E-state index >= 15 is 0 Å². The van der Waals surface area contributed by atoms with Crippen molar-refractivity contribution in [3.63, 3.8) is 0 Å². The summed E-state index contributed by atoms with van der Waals surface area (Å²) >= 11 is 0. The lowest BCUT2D eigenvalue weighted by Gasteiger charge is -2.17. The summed E-state index contributed by atoms with van der Waals surface area (Å²) in [7, 11) is 4.07. The molecule has 0 aliphatic rings. The van der Waals surface area contributed by atoms with Crippen LogP contribution in [0.3, 0.4) is 0 Å². The second kappa shape index (κ2) is 13.9. The van der Waals surface area contributed by atoms with Crippen LogP contribution in [0.2, 0.25) is 0 Å². The third-order valence-corrected chi connectivity index (χ3v) is 5.17. The van der Waals surface area contributed by atoms with Crippen LogP contribution < -0.4 is 4.74 Å². The molecule has 3 aromatic carbocycles. The van der Waals surface area contributed by atoms with Crippen LogP contribution in [0.4, 0.5) is 0 Å². The summed E-state index contributed by atoms with van der Waals surface area (Å²) in [6, 6.07) is 26.2. The SMILES string of the molecule is CCC(=C(c1ccc(OCCN(C)C)cc1)c1cccc(O)c1)c1ccccc1.CCC(=O)O. The van der Waals surface area contributed by atoms with E-state index in [9.17, 15) is 9.90 Å². The number of carbonyl (C=O) groups is 1. The van der Waals surface area contributed by atoms with Crippen LogP contribution in [0.1, 0.15) is 43.4 Å². The fourth-order valence-electron chi connectivity index (χ4n) is 3.41. The zero-order chi connectivity index (χ0) is 24.9. The lowest BCUT2D eigenvalue weighted by Crippen LogP contribution is -2.19. The fraction of sp³-hybridized carbons (Fsp3) is 0.276. The number of aliphatic carboxylic acids is 1. The minimum absolute atomic E-state index is 0.222. The topological polar surface area (TPSA) is 70.0 Å². The number of likely N-dealkylation sites (N-methyl/N-ethyl adjacent to an activating group) is 1. The lowest BCUT2D eigenvalue weighted by atomic mass is 9.88. The normalized spacial score (nSPS) is 11.3. The molecule has 0 spiro atoms. The van der Waals surface area contributed by atoms with Crippen LogP contribution in [-0.2, 0) is 4.79 Å². The van der Waals surface area contributed by atoms with Gasteiger partial charge in [0.2, 0.25) is 0 Å². The summed E-state index contributed by atoms with van der Waals surface area (Å²) in [4.78, 5) is 11.5. The van der Waals surface area contributed by atoms with Crippen molar-refractivity contribution in [3.8, 4) is 11.5 Å². The van der Waals surface area contributed by atoms with Gasteiger partial charge in [0.05, 0.1) is 0 Å². The minimum Gasteiger partial charge on any atom is -0.508 e. The minimum atomic E-state index is -0.745. The highest BCUT2D eigenvalue weighted by Gasteiger charge is 2.13. The molecule has 0 saturated carbocycles. The highest BCUT2D eigenvalue weighted by Crippen LogP contribution is 2.35. The number of hydrogen-bond donors (Lipinski definition) is 2. The van der Waals surface area contributed by atoms with Crippen molar-refractivity contribution >= 4 is 17.1 Å². The van der Waals surface area contributed by atoms with Gasteiger partial charge in [0.1, 0.15) is 18.1 Å². The van der Waals surface area contributed by atoms with E-state index < -0.39 is 5.97 Å². The molecule has 0 atom stereocenters. The van der Waals surface area contributed by atoms with E-state index in [4.69, 9.17) is 9.84 Å². The molecule has 0 aliphatic heterocycles. The summed E-state index contributed by atoms with van der Waals surface area (Å²) in [5, 5.41) is 17.8. The molecule has 0 heterocycles. The van der Waals surface area contributed by atoms with Crippen molar-refractivity contribution < 1.29 is 19.7 Å². The molecule has 5 heteroatoms. The first-order valence-corrected chi connectivity index (χ1v) is 11.5. The van der Waals surface area contributed by atoms with E-state index in [1.54, 1.807) is 13.0 Å². The number of ether oxygens (including phenoxy) is 1. The van der Waals surface area contributed by atoms with Gasteiger partial charge in [0, 0.05) is 13.0 Å². The first kappa shape index (κ1) is 26.7. The number of benzene rings is 3. The Morgan fingerprint density at radius 2 is 1.44 bits per heavy atom. The average molecular weight is 462 g/mol. The molecule has 5 nitrogen and oxygen atoms in total. The van der Waals surface area contributed by atoms with Crippen LogP contribution >= 0.6 is 0 Å². The highest BCUT2D eigenvalue weighted by molar-refractivity contribution is 5.98. The van der Waals surface area contributed by atoms with E-state index in [0.717, 1.165) is 35.4 Å². The second-order valence-electron chi connectivity index (χ2n) is 8.05. The number of hydrogen-bond acceptors (Lipinski definition) is 4. The van der Waals surface area contributed by atoms with E-state index in [-0.39, 0.29) is 12.2 Å². The zero-order valence-electron chi connectivity index (χ0n) is 20.5. The van der Waals surface area contributed by atoms with Gasteiger partial charge in [-0.3, -0.25) is 4.79 Å². The Morgan fingerprint density at radius 1 is 0.824 bits per heavy atom. The molecule has 0 aliphatic carbocycles. The van der Waals surface area contributed by atoms with Crippen LogP contribution in [0, 0.1) is 0 Å². The predicted molar refractivity (Wildman–Crippen MR) is 139 cm³/mol. The van der Waals surface area contributed by atoms with Crippen molar-refractivity contribution in [2.45, 2.75) is 26.7 Å². The average Bonchev–Trinajstić information content (AvgIpc) is 2.83. The standard InChI is InChI=1S/C26H29NO2.C3H6O2/c1-4-25(20-9-6-5-7-10-20)26(22-11-8-12-23(28)19-22)21-13-15-24(16-14-21)29-18-17-27(2)3;1-2-3(4)5/h5-16,19,28H,4,17-18H2,1-3H3;2H2,1H3,(H,4,5). The fourth-order valence-corrected chi connectivity index (χ4v) is 3.41. The van der Waals surface area contributed by atoms with Gasteiger partial charge in [0.15, 0.2) is 0 Å². The Hall–Kier alpha value is -3.57. The molecule has 3 rings (SSSR count). The van der Waals surface area contributed by atoms with Gasteiger partial charge in [-0.1, -0.05) is 68.4 Å². The summed E-state index contributed by atoms with van der Waals surface area (Å²) in [6.45, 7) is 5.31.